The number of nitrogens with zero attached hydrogens (tertiary/aromatic N) is 4. The highest BCUT2D eigenvalue weighted by Crippen LogP contribution is 2.50. The third-order valence-corrected chi connectivity index (χ3v) is 12.5. The van der Waals surface area contributed by atoms with E-state index in [4.69, 9.17) is 9.97 Å². The van der Waals surface area contributed by atoms with Gasteiger partial charge in [0.1, 0.15) is 0 Å². The van der Waals surface area contributed by atoms with Crippen LogP contribution in [0.5, 0.6) is 0 Å². The zero-order chi connectivity index (χ0) is 39.2. The van der Waals surface area contributed by atoms with Crippen molar-refractivity contribution in [2.45, 2.75) is 19.3 Å². The number of benzene rings is 8. The Bertz CT molecular complexity index is 3450. The van der Waals surface area contributed by atoms with Crippen molar-refractivity contribution in [1.29, 1.82) is 0 Å². The van der Waals surface area contributed by atoms with Crippen molar-refractivity contribution in [1.82, 2.24) is 19.1 Å². The minimum absolute atomic E-state index is 0.110. The summed E-state index contributed by atoms with van der Waals surface area (Å²) >= 11 is 0. The maximum Gasteiger partial charge on any atom is 0.160 e. The van der Waals surface area contributed by atoms with Gasteiger partial charge < -0.3 is 9.13 Å². The van der Waals surface area contributed by atoms with Gasteiger partial charge in [0.05, 0.1) is 33.5 Å². The fraction of sp³-hybridized carbons (Fsp3) is 0.0545. The Hall–Kier alpha value is -7.56. The molecule has 1 aliphatic carbocycles. The van der Waals surface area contributed by atoms with E-state index in [2.05, 4.69) is 217 Å². The van der Waals surface area contributed by atoms with Crippen LogP contribution in [-0.4, -0.2) is 19.1 Å². The van der Waals surface area contributed by atoms with Gasteiger partial charge in [-0.25, -0.2) is 9.97 Å². The zero-order valence-corrected chi connectivity index (χ0v) is 32.8. The lowest BCUT2D eigenvalue weighted by Crippen LogP contribution is -2.14. The van der Waals surface area contributed by atoms with Crippen LogP contribution >= 0.6 is 0 Å². The minimum atomic E-state index is -0.110. The summed E-state index contributed by atoms with van der Waals surface area (Å²) in [7, 11) is 0. The Morgan fingerprint density at radius 2 is 1.03 bits per heavy atom. The number of hydrogen-bond donors (Lipinski definition) is 0. The molecule has 0 fully saturated rings. The Balaban J connectivity index is 1.09. The second-order valence-corrected chi connectivity index (χ2v) is 16.2. The maximum atomic E-state index is 5.43. The van der Waals surface area contributed by atoms with Crippen LogP contribution in [0.3, 0.4) is 0 Å². The van der Waals surface area contributed by atoms with Crippen LogP contribution in [-0.2, 0) is 5.41 Å². The molecule has 4 heteroatoms. The van der Waals surface area contributed by atoms with E-state index in [0.717, 1.165) is 61.2 Å². The number of aromatic nitrogens is 4. The van der Waals surface area contributed by atoms with Gasteiger partial charge in [-0.2, -0.15) is 0 Å². The van der Waals surface area contributed by atoms with Gasteiger partial charge >= 0.3 is 0 Å². The lowest BCUT2D eigenvalue weighted by atomic mass is 9.82. The average Bonchev–Trinajstić information content (AvgIpc) is 3.92. The standard InChI is InChI=1S/C55H38N4/c1-55(2)46-24-14-12-22-40(46)41-28-26-36(33-47(41)55)52-43-23-13-15-25-48(43)56-54(57-52)37-27-30-49-44(32-37)42-29-31-50-45(53(42)59(49)39-20-10-5-11-21-39)34-51(35-16-6-3-7-17-35)58(50)38-18-8-4-9-19-38/h3-34H,1-2H3. The molecule has 3 heterocycles. The summed E-state index contributed by atoms with van der Waals surface area (Å²) in [4.78, 5) is 10.7. The highest BCUT2D eigenvalue weighted by molar-refractivity contribution is 6.20. The van der Waals surface area contributed by atoms with Crippen molar-refractivity contribution < 1.29 is 0 Å². The molecule has 12 rings (SSSR count). The van der Waals surface area contributed by atoms with E-state index < -0.39 is 0 Å². The first kappa shape index (κ1) is 33.6. The molecule has 0 saturated heterocycles. The SMILES string of the molecule is CC1(C)c2ccccc2-c2ccc(-c3nc(-c4ccc5c(c4)c4ccc6c(cc(-c7ccccc7)n6-c6ccccc6)c4n5-c4ccccc4)nc4ccccc34)cc21. The van der Waals surface area contributed by atoms with Crippen molar-refractivity contribution >= 4 is 43.6 Å². The molecule has 0 unspecified atom stereocenters. The molecule has 0 N–H and O–H groups in total. The van der Waals surface area contributed by atoms with E-state index in [0.29, 0.717) is 5.82 Å². The van der Waals surface area contributed by atoms with E-state index in [1.54, 1.807) is 0 Å². The molecule has 0 radical (unpaired) electrons. The molecule has 11 aromatic rings. The molecule has 0 aliphatic heterocycles. The first-order valence-corrected chi connectivity index (χ1v) is 20.3. The number of rotatable bonds is 5. The number of para-hydroxylation sites is 3. The maximum absolute atomic E-state index is 5.43. The van der Waals surface area contributed by atoms with E-state index in [1.807, 2.05) is 0 Å². The molecular formula is C55H38N4. The van der Waals surface area contributed by atoms with E-state index in [1.165, 1.54) is 44.1 Å². The first-order chi connectivity index (χ1) is 29.0. The van der Waals surface area contributed by atoms with Gasteiger partial charge in [-0.1, -0.05) is 141 Å². The topological polar surface area (TPSA) is 35.6 Å². The molecule has 0 atom stereocenters. The van der Waals surface area contributed by atoms with Crippen LogP contribution in [0.1, 0.15) is 25.0 Å². The Labute approximate surface area is 342 Å². The third kappa shape index (κ3) is 5.03. The van der Waals surface area contributed by atoms with Crippen LogP contribution in [0.2, 0.25) is 0 Å². The lowest BCUT2D eigenvalue weighted by molar-refractivity contribution is 0.660. The molecule has 0 spiro atoms. The molecule has 0 saturated carbocycles. The summed E-state index contributed by atoms with van der Waals surface area (Å²) < 4.78 is 4.82. The second-order valence-electron chi connectivity index (χ2n) is 16.2. The van der Waals surface area contributed by atoms with Gasteiger partial charge in [0, 0.05) is 49.5 Å². The number of fused-ring (bicyclic) bond motifs is 9. The lowest BCUT2D eigenvalue weighted by Gasteiger charge is -2.22. The Morgan fingerprint density at radius 1 is 0.407 bits per heavy atom. The smallest absolute Gasteiger partial charge is 0.160 e. The predicted octanol–water partition coefficient (Wildman–Crippen LogP) is 14.0. The summed E-state index contributed by atoms with van der Waals surface area (Å²) in [5.74, 6) is 0.715. The predicted molar refractivity (Wildman–Crippen MR) is 245 cm³/mol. The fourth-order valence-electron chi connectivity index (χ4n) is 9.73. The highest BCUT2D eigenvalue weighted by atomic mass is 15.0. The van der Waals surface area contributed by atoms with E-state index in [9.17, 15) is 0 Å². The van der Waals surface area contributed by atoms with Gasteiger partial charge in [0.25, 0.3) is 0 Å². The van der Waals surface area contributed by atoms with Crippen LogP contribution in [0.25, 0.3) is 100 Å². The largest absolute Gasteiger partial charge is 0.309 e. The molecular weight excluding hydrogens is 717 g/mol. The fourth-order valence-corrected chi connectivity index (χ4v) is 9.73. The zero-order valence-electron chi connectivity index (χ0n) is 32.8. The summed E-state index contributed by atoms with van der Waals surface area (Å²) in [5.41, 5.74) is 17.2. The average molecular weight is 755 g/mol. The summed E-state index contributed by atoms with van der Waals surface area (Å²) in [6.45, 7) is 4.66. The quantitative estimate of drug-likeness (QED) is 0.175. The Morgan fingerprint density at radius 3 is 1.83 bits per heavy atom. The van der Waals surface area contributed by atoms with E-state index in [-0.39, 0.29) is 5.41 Å². The normalized spacial score (nSPS) is 13.1. The van der Waals surface area contributed by atoms with Crippen molar-refractivity contribution in [2.24, 2.45) is 0 Å². The molecule has 3 aromatic heterocycles. The van der Waals surface area contributed by atoms with Crippen molar-refractivity contribution in [3.63, 3.8) is 0 Å². The van der Waals surface area contributed by atoms with Gasteiger partial charge in [-0.3, -0.25) is 0 Å². The third-order valence-electron chi connectivity index (χ3n) is 12.5. The highest BCUT2D eigenvalue weighted by Gasteiger charge is 2.35. The molecule has 278 valence electrons. The van der Waals surface area contributed by atoms with Crippen LogP contribution in [0, 0.1) is 0 Å². The van der Waals surface area contributed by atoms with Gasteiger partial charge in [0.2, 0.25) is 0 Å². The van der Waals surface area contributed by atoms with Crippen LogP contribution in [0.15, 0.2) is 194 Å². The van der Waals surface area contributed by atoms with Gasteiger partial charge in [-0.05, 0) is 94.5 Å². The summed E-state index contributed by atoms with van der Waals surface area (Å²) in [5, 5.41) is 4.58. The van der Waals surface area contributed by atoms with Gasteiger partial charge in [0.15, 0.2) is 5.82 Å². The van der Waals surface area contributed by atoms with Crippen molar-refractivity contribution in [2.75, 3.05) is 0 Å². The molecule has 8 aromatic carbocycles. The van der Waals surface area contributed by atoms with Crippen molar-refractivity contribution in [3.05, 3.63) is 205 Å². The molecule has 0 bridgehead atoms. The monoisotopic (exact) mass is 754 g/mol. The van der Waals surface area contributed by atoms with E-state index >= 15 is 0 Å². The number of hydrogen-bond acceptors (Lipinski definition) is 2. The summed E-state index contributed by atoms with van der Waals surface area (Å²) in [6.07, 6.45) is 0. The molecule has 1 aliphatic rings. The summed E-state index contributed by atoms with van der Waals surface area (Å²) in [6, 6.07) is 69.9. The molecule has 4 nitrogen and oxygen atoms in total. The van der Waals surface area contributed by atoms with Crippen molar-refractivity contribution in [3.8, 4) is 56.4 Å². The Kier molecular flexibility index (Phi) is 7.24. The molecule has 0 amide bonds. The second kappa shape index (κ2) is 12.7. The van der Waals surface area contributed by atoms with Crippen LogP contribution in [0.4, 0.5) is 0 Å². The van der Waals surface area contributed by atoms with Crippen LogP contribution < -0.4 is 0 Å². The van der Waals surface area contributed by atoms with Gasteiger partial charge in [-0.15, -0.1) is 0 Å². The first-order valence-electron chi connectivity index (χ1n) is 20.3. The molecule has 59 heavy (non-hydrogen) atoms. The minimum Gasteiger partial charge on any atom is -0.309 e.